The fraction of sp³-hybridized carbons (Fsp3) is 0. The standard InChI is InChI=1S/C23H19NO2/c1-18(23(25)26)12-13-19-14-16-22(17-15-19)24(20-8-4-2-5-9-20)21-10-6-3-7-11-21/h2-17H,1H2,(H,25,26). The molecule has 0 heterocycles. The van der Waals surface area contributed by atoms with E-state index in [1.165, 1.54) is 6.08 Å². The molecule has 0 aromatic heterocycles. The third-order valence-electron chi connectivity index (χ3n) is 3.93. The maximum absolute atomic E-state index is 10.8. The van der Waals surface area contributed by atoms with Crippen LogP contribution in [0.15, 0.2) is 103 Å². The molecule has 26 heavy (non-hydrogen) atoms. The molecule has 3 rings (SSSR count). The molecular weight excluding hydrogens is 322 g/mol. The van der Waals surface area contributed by atoms with E-state index in [1.54, 1.807) is 6.08 Å². The van der Waals surface area contributed by atoms with E-state index in [9.17, 15) is 4.79 Å². The lowest BCUT2D eigenvalue weighted by Crippen LogP contribution is -2.09. The first-order valence-electron chi connectivity index (χ1n) is 8.26. The van der Waals surface area contributed by atoms with Gasteiger partial charge < -0.3 is 10.0 Å². The number of rotatable bonds is 6. The van der Waals surface area contributed by atoms with Crippen molar-refractivity contribution < 1.29 is 9.90 Å². The topological polar surface area (TPSA) is 40.5 Å². The molecule has 128 valence electrons. The number of anilines is 3. The molecule has 3 nitrogen and oxygen atoms in total. The molecular formula is C23H19NO2. The Balaban J connectivity index is 1.93. The van der Waals surface area contributed by atoms with Crippen LogP contribution in [-0.2, 0) is 4.79 Å². The Morgan fingerprint density at radius 1 is 0.769 bits per heavy atom. The zero-order valence-corrected chi connectivity index (χ0v) is 14.2. The summed E-state index contributed by atoms with van der Waals surface area (Å²) in [5.41, 5.74) is 4.14. The average molecular weight is 341 g/mol. The average Bonchev–Trinajstić information content (AvgIpc) is 2.69. The van der Waals surface area contributed by atoms with Crippen LogP contribution in [0, 0.1) is 0 Å². The first-order valence-corrected chi connectivity index (χ1v) is 8.26. The van der Waals surface area contributed by atoms with Crippen molar-refractivity contribution in [3.8, 4) is 0 Å². The van der Waals surface area contributed by atoms with Crippen LogP contribution in [0.25, 0.3) is 6.08 Å². The summed E-state index contributed by atoms with van der Waals surface area (Å²) in [5, 5.41) is 8.87. The Bertz CT molecular complexity index is 874. The molecule has 0 bridgehead atoms. The summed E-state index contributed by atoms with van der Waals surface area (Å²) in [7, 11) is 0. The van der Waals surface area contributed by atoms with Crippen molar-refractivity contribution in [2.45, 2.75) is 0 Å². The van der Waals surface area contributed by atoms with Crippen LogP contribution in [0.1, 0.15) is 5.56 Å². The zero-order chi connectivity index (χ0) is 18.4. The summed E-state index contributed by atoms with van der Waals surface area (Å²) in [6, 6.07) is 28.3. The van der Waals surface area contributed by atoms with E-state index in [4.69, 9.17) is 5.11 Å². The lowest BCUT2D eigenvalue weighted by atomic mass is 10.1. The number of benzene rings is 3. The lowest BCUT2D eigenvalue weighted by Gasteiger charge is -2.25. The van der Waals surface area contributed by atoms with Gasteiger partial charge in [0, 0.05) is 17.1 Å². The molecule has 3 heteroatoms. The zero-order valence-electron chi connectivity index (χ0n) is 14.2. The van der Waals surface area contributed by atoms with E-state index in [-0.39, 0.29) is 5.57 Å². The second-order valence-corrected chi connectivity index (χ2v) is 5.76. The lowest BCUT2D eigenvalue weighted by molar-refractivity contribution is -0.132. The fourth-order valence-electron chi connectivity index (χ4n) is 2.60. The molecule has 0 aliphatic heterocycles. The van der Waals surface area contributed by atoms with Gasteiger partial charge in [0.1, 0.15) is 0 Å². The monoisotopic (exact) mass is 341 g/mol. The van der Waals surface area contributed by atoms with Gasteiger partial charge >= 0.3 is 5.97 Å². The van der Waals surface area contributed by atoms with Gasteiger partial charge in [0.2, 0.25) is 0 Å². The number of aliphatic carboxylic acids is 1. The second-order valence-electron chi connectivity index (χ2n) is 5.76. The molecule has 0 aliphatic carbocycles. The molecule has 0 radical (unpaired) electrons. The van der Waals surface area contributed by atoms with Crippen LogP contribution >= 0.6 is 0 Å². The highest BCUT2D eigenvalue weighted by Crippen LogP contribution is 2.34. The summed E-state index contributed by atoms with van der Waals surface area (Å²) in [6.45, 7) is 3.50. The SMILES string of the molecule is C=C(C=Cc1ccc(N(c2ccccc2)c2ccccc2)cc1)C(=O)O. The molecule has 0 fully saturated rings. The van der Waals surface area contributed by atoms with Crippen molar-refractivity contribution in [1.82, 2.24) is 0 Å². The van der Waals surface area contributed by atoms with Crippen molar-refractivity contribution >= 4 is 29.1 Å². The van der Waals surface area contributed by atoms with Gasteiger partial charge in [0.25, 0.3) is 0 Å². The molecule has 0 unspecified atom stereocenters. The Labute approximate surface area is 153 Å². The fourth-order valence-corrected chi connectivity index (χ4v) is 2.60. The first kappa shape index (κ1) is 17.2. The largest absolute Gasteiger partial charge is 0.478 e. The molecule has 0 saturated heterocycles. The molecule has 0 amide bonds. The summed E-state index contributed by atoms with van der Waals surface area (Å²) in [6.07, 6.45) is 3.25. The summed E-state index contributed by atoms with van der Waals surface area (Å²) >= 11 is 0. The molecule has 0 spiro atoms. The van der Waals surface area contributed by atoms with Gasteiger partial charge in [-0.15, -0.1) is 0 Å². The summed E-state index contributed by atoms with van der Waals surface area (Å²) < 4.78 is 0. The van der Waals surface area contributed by atoms with Crippen LogP contribution < -0.4 is 4.90 Å². The number of carboxylic acid groups (broad SMARTS) is 1. The van der Waals surface area contributed by atoms with E-state index in [0.717, 1.165) is 22.6 Å². The number of hydrogen-bond donors (Lipinski definition) is 1. The molecule has 0 atom stereocenters. The molecule has 0 saturated carbocycles. The van der Waals surface area contributed by atoms with Gasteiger partial charge in [-0.2, -0.15) is 0 Å². The van der Waals surface area contributed by atoms with Crippen LogP contribution in [0.2, 0.25) is 0 Å². The van der Waals surface area contributed by atoms with Crippen molar-refractivity contribution in [3.63, 3.8) is 0 Å². The van der Waals surface area contributed by atoms with Crippen LogP contribution in [0.5, 0.6) is 0 Å². The van der Waals surface area contributed by atoms with Gasteiger partial charge in [-0.05, 0) is 48.0 Å². The Morgan fingerprint density at radius 3 is 1.69 bits per heavy atom. The van der Waals surface area contributed by atoms with Crippen molar-refractivity contribution in [3.05, 3.63) is 109 Å². The van der Waals surface area contributed by atoms with Gasteiger partial charge in [-0.1, -0.05) is 61.2 Å². The number of carboxylic acids is 1. The smallest absolute Gasteiger partial charge is 0.335 e. The molecule has 3 aromatic carbocycles. The maximum Gasteiger partial charge on any atom is 0.335 e. The molecule has 0 aliphatic rings. The second kappa shape index (κ2) is 7.99. The summed E-state index contributed by atoms with van der Waals surface area (Å²) in [4.78, 5) is 13.0. The third-order valence-corrected chi connectivity index (χ3v) is 3.93. The molecule has 1 N–H and O–H groups in total. The van der Waals surface area contributed by atoms with Crippen LogP contribution in [0.4, 0.5) is 17.1 Å². The highest BCUT2D eigenvalue weighted by Gasteiger charge is 2.11. The first-order chi connectivity index (χ1) is 12.6. The van der Waals surface area contributed by atoms with Gasteiger partial charge in [-0.25, -0.2) is 4.79 Å². The van der Waals surface area contributed by atoms with Gasteiger partial charge in [0.15, 0.2) is 0 Å². The van der Waals surface area contributed by atoms with E-state index in [2.05, 4.69) is 35.7 Å². The predicted octanol–water partition coefficient (Wildman–Crippen LogP) is 5.81. The minimum absolute atomic E-state index is 0.0595. The van der Waals surface area contributed by atoms with Gasteiger partial charge in [-0.3, -0.25) is 0 Å². The number of carbonyl (C=O) groups is 1. The van der Waals surface area contributed by atoms with E-state index >= 15 is 0 Å². The van der Waals surface area contributed by atoms with E-state index < -0.39 is 5.97 Å². The predicted molar refractivity (Wildman–Crippen MR) is 107 cm³/mol. The van der Waals surface area contributed by atoms with Gasteiger partial charge in [0.05, 0.1) is 5.57 Å². The Morgan fingerprint density at radius 2 is 1.23 bits per heavy atom. The Hall–Kier alpha value is -3.59. The summed E-state index contributed by atoms with van der Waals surface area (Å²) in [5.74, 6) is -1.02. The van der Waals surface area contributed by atoms with E-state index in [1.807, 2.05) is 60.7 Å². The minimum atomic E-state index is -1.02. The number of nitrogens with zero attached hydrogens (tertiary/aromatic N) is 1. The maximum atomic E-state index is 10.8. The highest BCUT2D eigenvalue weighted by atomic mass is 16.4. The normalized spacial score (nSPS) is 10.6. The molecule has 3 aromatic rings. The van der Waals surface area contributed by atoms with Crippen molar-refractivity contribution in [1.29, 1.82) is 0 Å². The highest BCUT2D eigenvalue weighted by molar-refractivity contribution is 5.90. The Kier molecular flexibility index (Phi) is 5.30. The quantitative estimate of drug-likeness (QED) is 0.454. The third kappa shape index (κ3) is 4.08. The number of para-hydroxylation sites is 2. The minimum Gasteiger partial charge on any atom is -0.478 e. The van der Waals surface area contributed by atoms with Crippen molar-refractivity contribution in [2.24, 2.45) is 0 Å². The van der Waals surface area contributed by atoms with Crippen LogP contribution in [-0.4, -0.2) is 11.1 Å². The number of hydrogen-bond acceptors (Lipinski definition) is 2. The van der Waals surface area contributed by atoms with Crippen LogP contribution in [0.3, 0.4) is 0 Å². The van der Waals surface area contributed by atoms with Crippen molar-refractivity contribution in [2.75, 3.05) is 4.90 Å². The van der Waals surface area contributed by atoms with E-state index in [0.29, 0.717) is 0 Å².